The Morgan fingerprint density at radius 1 is 0.596 bits per heavy atom. The van der Waals surface area contributed by atoms with Crippen molar-refractivity contribution in [1.29, 1.82) is 0 Å². The molecule has 0 saturated carbocycles. The van der Waals surface area contributed by atoms with Gasteiger partial charge in [-0.1, -0.05) is 140 Å². The van der Waals surface area contributed by atoms with Gasteiger partial charge in [-0.2, -0.15) is 0 Å². The van der Waals surface area contributed by atoms with Gasteiger partial charge < -0.3 is 0 Å². The fourth-order valence-electron chi connectivity index (χ4n) is 6.18. The number of rotatable bonds is 9. The van der Waals surface area contributed by atoms with Crippen molar-refractivity contribution in [1.82, 2.24) is 3.97 Å². The second-order valence-electron chi connectivity index (χ2n) is 11.0. The van der Waals surface area contributed by atoms with Crippen molar-refractivity contribution < 1.29 is 13.3 Å². The summed E-state index contributed by atoms with van der Waals surface area (Å²) in [6.45, 7) is 0. The van der Waals surface area contributed by atoms with Crippen LogP contribution in [0.4, 0.5) is 5.69 Å². The summed E-state index contributed by atoms with van der Waals surface area (Å²) < 4.78 is 31.5. The zero-order chi connectivity index (χ0) is 32.4. The van der Waals surface area contributed by atoms with Gasteiger partial charge in [-0.3, -0.25) is 10.1 Å². The Morgan fingerprint density at radius 3 is 1.64 bits per heavy atom. The summed E-state index contributed by atoms with van der Waals surface area (Å²) in [4.78, 5) is 10.9. The molecule has 1 atom stereocenters. The maximum atomic E-state index is 15.0. The highest BCUT2D eigenvalue weighted by molar-refractivity contribution is 7.90. The predicted molar refractivity (Wildman–Crippen MR) is 190 cm³/mol. The molecule has 0 spiro atoms. The average Bonchev–Trinajstić information content (AvgIpc) is 3.47. The van der Waals surface area contributed by atoms with E-state index in [4.69, 9.17) is 0 Å². The Labute approximate surface area is 274 Å². The zero-order valence-electron chi connectivity index (χ0n) is 25.1. The summed E-state index contributed by atoms with van der Waals surface area (Å²) in [5.41, 5.74) is 3.30. The molecule has 230 valence electrons. The van der Waals surface area contributed by atoms with Crippen molar-refractivity contribution in [2.45, 2.75) is 10.6 Å². The predicted octanol–water partition coefficient (Wildman–Crippen LogP) is 8.68. The van der Waals surface area contributed by atoms with Crippen molar-refractivity contribution in [3.05, 3.63) is 191 Å². The maximum absolute atomic E-state index is 15.0. The van der Waals surface area contributed by atoms with Crippen LogP contribution in [0.3, 0.4) is 0 Å². The molecular formula is C39H29N2O4PS. The Bertz CT molecular complexity index is 2240. The summed E-state index contributed by atoms with van der Waals surface area (Å²) in [6.07, 6.45) is 0. The molecule has 0 saturated heterocycles. The molecule has 8 heteroatoms. The highest BCUT2D eigenvalue weighted by Gasteiger charge is 2.37. The molecule has 0 aliphatic carbocycles. The van der Waals surface area contributed by atoms with Gasteiger partial charge in [0.05, 0.1) is 26.7 Å². The molecular weight excluding hydrogens is 623 g/mol. The quantitative estimate of drug-likeness (QED) is 0.0888. The van der Waals surface area contributed by atoms with E-state index < -0.39 is 28.5 Å². The number of fused-ring (bicyclic) bond motifs is 1. The molecule has 6 aromatic carbocycles. The lowest BCUT2D eigenvalue weighted by molar-refractivity contribution is -0.384. The van der Waals surface area contributed by atoms with Crippen LogP contribution in [0.15, 0.2) is 175 Å². The summed E-state index contributed by atoms with van der Waals surface area (Å²) in [5, 5.41) is 14.5. The second-order valence-corrected chi connectivity index (χ2v) is 15.1. The fourth-order valence-corrected chi connectivity index (χ4v) is 10.7. The first-order valence-corrected chi connectivity index (χ1v) is 17.9. The minimum Gasteiger partial charge on any atom is -0.258 e. The number of hydrogen-bond donors (Lipinski definition) is 0. The first kappa shape index (κ1) is 30.3. The molecule has 0 aliphatic heterocycles. The van der Waals surface area contributed by atoms with Crippen LogP contribution in [0, 0.1) is 10.1 Å². The van der Waals surface area contributed by atoms with Crippen molar-refractivity contribution in [3.63, 3.8) is 0 Å². The number of non-ortho nitro benzene ring substituents is 1. The normalized spacial score (nSPS) is 12.3. The average molecular weight is 653 g/mol. The van der Waals surface area contributed by atoms with E-state index >= 15 is 8.42 Å². The number of para-hydroxylation sites is 1. The maximum Gasteiger partial charge on any atom is 0.269 e. The standard InChI is InChI=1S/C39H29N2O4PS/c42-41(43)31-25-27-34(28-26-31)47(44,45)40-36-24-14-13-23-35(36)37(29-15-5-1-6-16-29)38(40)39(30-17-7-2-8-18-30)46(32-19-9-3-10-20-32)33-21-11-4-12-22-33/h1-28,39H. The van der Waals surface area contributed by atoms with Crippen LogP contribution in [-0.4, -0.2) is 17.3 Å². The topological polar surface area (TPSA) is 82.2 Å². The number of aromatic nitrogens is 1. The largest absolute Gasteiger partial charge is 0.269 e. The van der Waals surface area contributed by atoms with Crippen LogP contribution >= 0.6 is 7.92 Å². The minimum atomic E-state index is -4.27. The van der Waals surface area contributed by atoms with Gasteiger partial charge in [0.1, 0.15) is 0 Å². The van der Waals surface area contributed by atoms with Crippen molar-refractivity contribution in [3.8, 4) is 11.1 Å². The van der Waals surface area contributed by atoms with E-state index in [2.05, 4.69) is 36.4 Å². The number of nitrogens with zero attached hydrogens (tertiary/aromatic N) is 2. The first-order chi connectivity index (χ1) is 22.9. The van der Waals surface area contributed by atoms with Gasteiger partial charge in [-0.15, -0.1) is 0 Å². The van der Waals surface area contributed by atoms with E-state index in [1.54, 1.807) is 0 Å². The molecule has 47 heavy (non-hydrogen) atoms. The Morgan fingerprint density at radius 2 is 1.09 bits per heavy atom. The number of benzene rings is 6. The van der Waals surface area contributed by atoms with Crippen LogP contribution in [0.2, 0.25) is 0 Å². The minimum absolute atomic E-state index is 0.0275. The van der Waals surface area contributed by atoms with Gasteiger partial charge in [0.15, 0.2) is 0 Å². The zero-order valence-corrected chi connectivity index (χ0v) is 26.8. The van der Waals surface area contributed by atoms with Crippen molar-refractivity contribution in [2.75, 3.05) is 0 Å². The van der Waals surface area contributed by atoms with Crippen LogP contribution in [0.25, 0.3) is 22.0 Å². The molecule has 0 fully saturated rings. The molecule has 0 amide bonds. The molecule has 1 heterocycles. The molecule has 1 unspecified atom stereocenters. The summed E-state index contributed by atoms with van der Waals surface area (Å²) in [7, 11) is -5.50. The van der Waals surface area contributed by atoms with Gasteiger partial charge in [-0.05, 0) is 47.9 Å². The van der Waals surface area contributed by atoms with Crippen molar-refractivity contribution >= 4 is 45.1 Å². The highest BCUT2D eigenvalue weighted by Crippen LogP contribution is 2.57. The van der Waals surface area contributed by atoms with E-state index in [-0.39, 0.29) is 10.6 Å². The Balaban J connectivity index is 1.64. The van der Waals surface area contributed by atoms with E-state index in [1.807, 2.05) is 109 Å². The molecule has 0 aliphatic rings. The summed E-state index contributed by atoms with van der Waals surface area (Å²) in [6, 6.07) is 53.3. The van der Waals surface area contributed by atoms with Gasteiger partial charge >= 0.3 is 0 Å². The number of nitro benzene ring substituents is 1. The lowest BCUT2D eigenvalue weighted by atomic mass is 9.98. The molecule has 0 radical (unpaired) electrons. The van der Waals surface area contributed by atoms with Gasteiger partial charge in [0.2, 0.25) is 0 Å². The Hall–Kier alpha value is -5.36. The smallest absolute Gasteiger partial charge is 0.258 e. The summed E-state index contributed by atoms with van der Waals surface area (Å²) >= 11 is 0. The second kappa shape index (κ2) is 12.8. The van der Waals surface area contributed by atoms with Crippen LogP contribution in [0.5, 0.6) is 0 Å². The number of nitro groups is 1. The third-order valence-corrected chi connectivity index (χ3v) is 12.7. The SMILES string of the molecule is O=[N+]([O-])c1ccc(S(=O)(=O)n2c(C(c3ccccc3)P(c3ccccc3)c3ccccc3)c(-c3ccccc3)c3ccccc32)cc1. The molecule has 0 bridgehead atoms. The van der Waals surface area contributed by atoms with Crippen LogP contribution in [0.1, 0.15) is 16.9 Å². The molecule has 7 rings (SSSR count). The van der Waals surface area contributed by atoms with E-state index in [0.29, 0.717) is 11.2 Å². The first-order valence-electron chi connectivity index (χ1n) is 15.1. The van der Waals surface area contributed by atoms with E-state index in [0.717, 1.165) is 32.7 Å². The third-order valence-electron chi connectivity index (χ3n) is 8.22. The molecule has 7 aromatic rings. The van der Waals surface area contributed by atoms with Crippen LogP contribution in [-0.2, 0) is 10.0 Å². The molecule has 0 N–H and O–H groups in total. The highest BCUT2D eigenvalue weighted by atomic mass is 32.2. The van der Waals surface area contributed by atoms with E-state index in [9.17, 15) is 10.1 Å². The molecule has 6 nitrogen and oxygen atoms in total. The van der Waals surface area contributed by atoms with Crippen LogP contribution < -0.4 is 10.6 Å². The lowest BCUT2D eigenvalue weighted by Crippen LogP contribution is -2.23. The third kappa shape index (κ3) is 5.65. The molecule has 1 aromatic heterocycles. The van der Waals surface area contributed by atoms with E-state index in [1.165, 1.54) is 28.2 Å². The van der Waals surface area contributed by atoms with Gasteiger partial charge in [-0.25, -0.2) is 12.4 Å². The monoisotopic (exact) mass is 652 g/mol. The lowest BCUT2D eigenvalue weighted by Gasteiger charge is -2.31. The summed E-state index contributed by atoms with van der Waals surface area (Å²) in [5.74, 6) is 0. The van der Waals surface area contributed by atoms with Crippen molar-refractivity contribution in [2.24, 2.45) is 0 Å². The Kier molecular flexibility index (Phi) is 8.25. The van der Waals surface area contributed by atoms with Gasteiger partial charge in [0.25, 0.3) is 15.7 Å². The number of hydrogen-bond acceptors (Lipinski definition) is 4. The fraction of sp³-hybridized carbons (Fsp3) is 0.0256. The van der Waals surface area contributed by atoms with Gasteiger partial charge in [0, 0.05) is 23.1 Å².